The maximum atomic E-state index is 13.9. The second-order valence-corrected chi connectivity index (χ2v) is 13.7. The van der Waals surface area contributed by atoms with Crippen LogP contribution < -0.4 is 9.46 Å². The van der Waals surface area contributed by atoms with Crippen LogP contribution in [0.15, 0.2) is 77.7 Å². The van der Waals surface area contributed by atoms with Crippen molar-refractivity contribution < 1.29 is 17.9 Å². The van der Waals surface area contributed by atoms with Crippen LogP contribution in [-0.2, 0) is 29.5 Å². The molecule has 1 N–H and O–H groups in total. The highest BCUT2D eigenvalue weighted by Gasteiger charge is 2.25. The Morgan fingerprint density at radius 3 is 2.34 bits per heavy atom. The number of ether oxygens (including phenoxy) is 1. The normalized spacial score (nSPS) is 13.7. The van der Waals surface area contributed by atoms with E-state index in [0.29, 0.717) is 24.5 Å². The number of imidazole rings is 1. The van der Waals surface area contributed by atoms with Crippen LogP contribution >= 0.6 is 0 Å². The number of carbonyl (C=O) groups is 1. The third-order valence-electron chi connectivity index (χ3n) is 8.62. The second-order valence-electron chi connectivity index (χ2n) is 12.1. The zero-order valence-corrected chi connectivity index (χ0v) is 28.2. The molecule has 0 unspecified atom stereocenters. The van der Waals surface area contributed by atoms with Crippen molar-refractivity contribution in [2.24, 2.45) is 0 Å². The molecule has 1 aliphatic heterocycles. The summed E-state index contributed by atoms with van der Waals surface area (Å²) in [5.41, 5.74) is 7.35. The number of hydrogen-bond acceptors (Lipinski definition) is 7. The number of benzene rings is 3. The van der Waals surface area contributed by atoms with Gasteiger partial charge in [-0.1, -0.05) is 49.4 Å². The Morgan fingerprint density at radius 1 is 0.894 bits per heavy atom. The van der Waals surface area contributed by atoms with Gasteiger partial charge in [0.15, 0.2) is 5.65 Å². The van der Waals surface area contributed by atoms with Crippen LogP contribution in [0.3, 0.4) is 0 Å². The molecule has 1 aliphatic rings. The predicted octanol–water partition coefficient (Wildman–Crippen LogP) is 6.44. The molecule has 0 aliphatic carbocycles. The number of hydrogen-bond donors (Lipinski definition) is 1. The minimum atomic E-state index is -4.24. The van der Waals surface area contributed by atoms with Gasteiger partial charge < -0.3 is 9.30 Å². The number of aromatic nitrogens is 3. The minimum Gasteiger partial charge on any atom is -0.493 e. The molecule has 1 saturated heterocycles. The van der Waals surface area contributed by atoms with E-state index in [4.69, 9.17) is 14.7 Å². The van der Waals surface area contributed by atoms with Gasteiger partial charge in [-0.05, 0) is 99.3 Å². The van der Waals surface area contributed by atoms with Crippen molar-refractivity contribution in [2.75, 3.05) is 19.7 Å². The van der Waals surface area contributed by atoms with Crippen molar-refractivity contribution in [1.82, 2.24) is 24.2 Å². The first-order valence-corrected chi connectivity index (χ1v) is 17.7. The molecule has 1 amide bonds. The number of pyridine rings is 1. The smallest absolute Gasteiger partial charge is 0.268 e. The maximum Gasteiger partial charge on any atom is 0.268 e. The second kappa shape index (κ2) is 13.7. The zero-order valence-electron chi connectivity index (χ0n) is 27.4. The van der Waals surface area contributed by atoms with Gasteiger partial charge in [0.05, 0.1) is 23.6 Å². The number of nitrogens with zero attached hydrogens (tertiary/aromatic N) is 4. The topological polar surface area (TPSA) is 106 Å². The van der Waals surface area contributed by atoms with Crippen LogP contribution in [-0.4, -0.2) is 53.5 Å². The summed E-state index contributed by atoms with van der Waals surface area (Å²) in [6.45, 7) is 11.7. The van der Waals surface area contributed by atoms with Gasteiger partial charge >= 0.3 is 0 Å². The van der Waals surface area contributed by atoms with Gasteiger partial charge in [-0.2, -0.15) is 0 Å². The van der Waals surface area contributed by atoms with Crippen molar-refractivity contribution in [3.63, 3.8) is 0 Å². The molecule has 244 valence electrons. The molecule has 47 heavy (non-hydrogen) atoms. The van der Waals surface area contributed by atoms with E-state index in [1.807, 2.05) is 50.2 Å². The zero-order chi connectivity index (χ0) is 33.1. The van der Waals surface area contributed by atoms with E-state index in [1.165, 1.54) is 0 Å². The van der Waals surface area contributed by atoms with Gasteiger partial charge in [-0.15, -0.1) is 0 Å². The molecular formula is C37H41N5O4S. The Bertz CT molecular complexity index is 2030. The van der Waals surface area contributed by atoms with Crippen LogP contribution in [0.2, 0.25) is 0 Å². The molecule has 3 heterocycles. The Labute approximate surface area is 276 Å². The third kappa shape index (κ3) is 6.94. The highest BCUT2D eigenvalue weighted by Crippen LogP contribution is 2.31. The largest absolute Gasteiger partial charge is 0.493 e. The van der Waals surface area contributed by atoms with Gasteiger partial charge in [0.25, 0.3) is 15.9 Å². The highest BCUT2D eigenvalue weighted by molar-refractivity contribution is 7.90. The molecule has 0 radical (unpaired) electrons. The number of nitrogens with one attached hydrogen (secondary N) is 1. The summed E-state index contributed by atoms with van der Waals surface area (Å²) < 4.78 is 37.8. The van der Waals surface area contributed by atoms with Gasteiger partial charge in [0.2, 0.25) is 0 Å². The third-order valence-corrected chi connectivity index (χ3v) is 10.0. The average molecular weight is 652 g/mol. The first-order chi connectivity index (χ1) is 22.7. The number of amides is 1. The molecule has 0 saturated carbocycles. The lowest BCUT2D eigenvalue weighted by Crippen LogP contribution is -2.31. The summed E-state index contributed by atoms with van der Waals surface area (Å²) >= 11 is 0. The van der Waals surface area contributed by atoms with Gasteiger partial charge in [0, 0.05) is 24.2 Å². The van der Waals surface area contributed by atoms with E-state index < -0.39 is 15.9 Å². The number of aryl methyl sites for hydroxylation is 3. The molecular weight excluding hydrogens is 611 g/mol. The summed E-state index contributed by atoms with van der Waals surface area (Å²) in [7, 11) is -4.24. The fourth-order valence-electron chi connectivity index (χ4n) is 6.36. The first kappa shape index (κ1) is 32.4. The number of fused-ring (bicyclic) bond motifs is 1. The molecule has 9 nitrogen and oxygen atoms in total. The number of para-hydroxylation sites is 1. The van der Waals surface area contributed by atoms with Gasteiger partial charge in [0.1, 0.15) is 17.1 Å². The Kier molecular flexibility index (Phi) is 9.42. The summed E-state index contributed by atoms with van der Waals surface area (Å²) in [5.74, 6) is 0.557. The van der Waals surface area contributed by atoms with Crippen LogP contribution in [0.4, 0.5) is 0 Å². The van der Waals surface area contributed by atoms with E-state index in [-0.39, 0.29) is 10.5 Å². The number of rotatable bonds is 11. The Hall–Kier alpha value is -4.54. The maximum absolute atomic E-state index is 13.9. The summed E-state index contributed by atoms with van der Waals surface area (Å²) in [5, 5.41) is 0. The lowest BCUT2D eigenvalue weighted by Gasteiger charge is -2.18. The van der Waals surface area contributed by atoms with Crippen LogP contribution in [0.25, 0.3) is 22.3 Å². The molecule has 5 aromatic rings. The van der Waals surface area contributed by atoms with Crippen molar-refractivity contribution in [2.45, 2.75) is 64.9 Å². The molecule has 2 aromatic heterocycles. The quantitative estimate of drug-likeness (QED) is 0.175. The Morgan fingerprint density at radius 2 is 1.62 bits per heavy atom. The molecule has 0 spiro atoms. The fraction of sp³-hybridized carbons (Fsp3) is 0.324. The van der Waals surface area contributed by atoms with Crippen LogP contribution in [0.5, 0.6) is 5.75 Å². The van der Waals surface area contributed by atoms with Crippen molar-refractivity contribution >= 4 is 27.1 Å². The lowest BCUT2D eigenvalue weighted by molar-refractivity contribution is 0.0977. The van der Waals surface area contributed by atoms with Gasteiger partial charge in [-0.3, -0.25) is 9.69 Å². The molecule has 10 heteroatoms. The molecule has 3 aromatic carbocycles. The summed E-state index contributed by atoms with van der Waals surface area (Å²) in [4.78, 5) is 25.4. The SMILES string of the molecule is CCOc1ccccc1C(=O)NS(=O)(=O)c1ccc(CN2CCCC2)cc1-c1ccc(Cn2c(CC)nc3c(C)cc(C)nc32)cc1. The first-order valence-electron chi connectivity index (χ1n) is 16.2. The molecule has 0 atom stereocenters. The number of sulfonamides is 1. The van der Waals surface area contributed by atoms with Crippen LogP contribution in [0.1, 0.15) is 65.3 Å². The van der Waals surface area contributed by atoms with Crippen molar-refractivity contribution in [3.8, 4) is 16.9 Å². The molecule has 1 fully saturated rings. The predicted molar refractivity (Wildman–Crippen MR) is 184 cm³/mol. The standard InChI is InChI=1S/C37H41N5O4S/c1-5-34-39-35-25(3)21-26(4)38-36(35)42(34)24-27-13-16-29(17-14-27)31-22-28(23-41-19-9-10-20-41)15-18-33(31)47(44,45)40-37(43)30-11-7-8-12-32(30)46-6-2/h7-8,11-18,21-22H,5-6,9-10,19-20,23-24H2,1-4H3,(H,40,43). The molecule has 6 rings (SSSR count). The summed E-state index contributed by atoms with van der Waals surface area (Å²) in [6, 6.07) is 22.0. The minimum absolute atomic E-state index is 0.0432. The van der Waals surface area contributed by atoms with E-state index in [1.54, 1.807) is 30.3 Å². The lowest BCUT2D eigenvalue weighted by atomic mass is 10.0. The monoisotopic (exact) mass is 651 g/mol. The number of carbonyl (C=O) groups excluding carboxylic acids is 1. The molecule has 0 bridgehead atoms. The van der Waals surface area contributed by atoms with Crippen LogP contribution in [0, 0.1) is 13.8 Å². The van der Waals surface area contributed by atoms with E-state index in [2.05, 4.69) is 34.1 Å². The average Bonchev–Trinajstić information content (AvgIpc) is 3.69. The van der Waals surface area contributed by atoms with E-state index in [0.717, 1.165) is 83.8 Å². The number of likely N-dealkylation sites (tertiary alicyclic amines) is 1. The van der Waals surface area contributed by atoms with Crippen molar-refractivity contribution in [1.29, 1.82) is 0 Å². The van der Waals surface area contributed by atoms with Crippen molar-refractivity contribution in [3.05, 3.63) is 107 Å². The fourth-order valence-corrected chi connectivity index (χ4v) is 7.54. The Balaban J connectivity index is 1.34. The highest BCUT2D eigenvalue weighted by atomic mass is 32.2. The van der Waals surface area contributed by atoms with E-state index >= 15 is 0 Å². The van der Waals surface area contributed by atoms with Gasteiger partial charge in [-0.25, -0.2) is 23.1 Å². The summed E-state index contributed by atoms with van der Waals surface area (Å²) in [6.07, 6.45) is 3.10. The van der Waals surface area contributed by atoms with E-state index in [9.17, 15) is 13.2 Å².